The van der Waals surface area contributed by atoms with E-state index in [0.717, 1.165) is 24.0 Å². The van der Waals surface area contributed by atoms with Crippen LogP contribution >= 0.6 is 0 Å². The Labute approximate surface area is 151 Å². The van der Waals surface area contributed by atoms with Crippen LogP contribution in [-0.2, 0) is 28.5 Å². The van der Waals surface area contributed by atoms with Crippen molar-refractivity contribution in [2.45, 2.75) is 75.1 Å². The second-order valence-electron chi connectivity index (χ2n) is 9.72. The molecule has 0 unspecified atom stereocenters. The first-order valence-electron chi connectivity index (χ1n) is 9.82. The molecule has 4 heterocycles. The number of ether oxygens (including phenoxy) is 4. The van der Waals surface area contributed by atoms with Crippen LogP contribution in [0.15, 0.2) is 11.1 Å². The number of Topliss-reactive ketones (excluding diaryl/α,β-unsaturated/α-hetero) is 1. The predicted octanol–water partition coefficient (Wildman–Crippen LogP) is 1.31. The van der Waals surface area contributed by atoms with Gasteiger partial charge in [-0.2, -0.15) is 0 Å². The van der Waals surface area contributed by atoms with Crippen molar-refractivity contribution in [1.29, 1.82) is 0 Å². The molecule has 2 spiro atoms. The molecule has 6 heteroatoms. The van der Waals surface area contributed by atoms with Gasteiger partial charge in [0.2, 0.25) is 5.78 Å². The van der Waals surface area contributed by atoms with Gasteiger partial charge >= 0.3 is 5.97 Å². The fourth-order valence-corrected chi connectivity index (χ4v) is 7.41. The van der Waals surface area contributed by atoms with Gasteiger partial charge in [-0.3, -0.25) is 4.79 Å². The number of rotatable bonds is 1. The van der Waals surface area contributed by atoms with Crippen LogP contribution in [0.5, 0.6) is 0 Å². The summed E-state index contributed by atoms with van der Waals surface area (Å²) in [6.07, 6.45) is 1.97. The zero-order valence-electron chi connectivity index (χ0n) is 15.2. The Hall–Kier alpha value is -1.24. The molecule has 2 saturated carbocycles. The van der Waals surface area contributed by atoms with Crippen LogP contribution in [0.3, 0.4) is 0 Å². The maximum Gasteiger partial charge on any atom is 0.334 e. The molecule has 5 fully saturated rings. The largest absolute Gasteiger partial charge is 0.458 e. The van der Waals surface area contributed by atoms with Gasteiger partial charge in [-0.25, -0.2) is 4.79 Å². The van der Waals surface area contributed by atoms with E-state index in [0.29, 0.717) is 13.0 Å². The highest BCUT2D eigenvalue weighted by molar-refractivity contribution is 6.05. The molecule has 3 saturated heterocycles. The van der Waals surface area contributed by atoms with Crippen molar-refractivity contribution in [1.82, 2.24) is 0 Å². The quantitative estimate of drug-likeness (QED) is 0.519. The van der Waals surface area contributed by atoms with E-state index in [1.54, 1.807) is 0 Å². The standard InChI is InChI=1S/C20H22O6/c1-8(2)18-13(25-18)14-20(26-14)17(3)5-4-9-10(7-23-15(9)21)11(17)6-12-19(20,24-12)16(18)22/h8,11-14H,4-7H2,1-3H3/t11-,12+,13-,14+,17+,18-,19-,20-/m0/s1. The fraction of sp³-hybridized carbons (Fsp3) is 0.800. The Morgan fingerprint density at radius 1 is 1.12 bits per heavy atom. The van der Waals surface area contributed by atoms with E-state index < -0.39 is 16.8 Å². The van der Waals surface area contributed by atoms with Gasteiger partial charge in [0.25, 0.3) is 0 Å². The summed E-state index contributed by atoms with van der Waals surface area (Å²) in [5.74, 6) is 0.252. The van der Waals surface area contributed by atoms with E-state index in [4.69, 9.17) is 18.9 Å². The molecule has 0 aromatic rings. The Balaban J connectivity index is 1.40. The van der Waals surface area contributed by atoms with Crippen molar-refractivity contribution in [3.63, 3.8) is 0 Å². The molecule has 0 N–H and O–H groups in total. The van der Waals surface area contributed by atoms with E-state index in [1.165, 1.54) is 0 Å². The zero-order valence-corrected chi connectivity index (χ0v) is 15.2. The van der Waals surface area contributed by atoms with Crippen molar-refractivity contribution in [2.75, 3.05) is 6.61 Å². The maximum absolute atomic E-state index is 13.6. The first-order valence-corrected chi connectivity index (χ1v) is 9.82. The highest BCUT2D eigenvalue weighted by atomic mass is 16.7. The average molecular weight is 358 g/mol. The van der Waals surface area contributed by atoms with E-state index in [1.807, 2.05) is 13.8 Å². The fourth-order valence-electron chi connectivity index (χ4n) is 7.41. The molecule has 7 rings (SSSR count). The number of hydrogen-bond donors (Lipinski definition) is 0. The molecule has 26 heavy (non-hydrogen) atoms. The summed E-state index contributed by atoms with van der Waals surface area (Å²) in [5.41, 5.74) is -0.371. The van der Waals surface area contributed by atoms with Crippen LogP contribution in [0.4, 0.5) is 0 Å². The lowest BCUT2D eigenvalue weighted by Crippen LogP contribution is -2.67. The minimum absolute atomic E-state index is 0.0689. The summed E-state index contributed by atoms with van der Waals surface area (Å²) in [4.78, 5) is 25.7. The summed E-state index contributed by atoms with van der Waals surface area (Å²) in [6, 6.07) is 0. The Bertz CT molecular complexity index is 860. The monoisotopic (exact) mass is 358 g/mol. The third-order valence-corrected chi connectivity index (χ3v) is 8.82. The normalized spacial score (nSPS) is 60.3. The van der Waals surface area contributed by atoms with Gasteiger partial charge < -0.3 is 18.9 Å². The number of esters is 1. The second-order valence-corrected chi connectivity index (χ2v) is 9.72. The molecule has 0 aromatic carbocycles. The minimum atomic E-state index is -0.832. The van der Waals surface area contributed by atoms with Crippen LogP contribution in [0.25, 0.3) is 0 Å². The van der Waals surface area contributed by atoms with Gasteiger partial charge in [0.15, 0.2) is 11.2 Å². The zero-order chi connectivity index (χ0) is 17.9. The lowest BCUT2D eigenvalue weighted by molar-refractivity contribution is -0.139. The molecule has 138 valence electrons. The van der Waals surface area contributed by atoms with Gasteiger partial charge in [-0.1, -0.05) is 20.8 Å². The predicted molar refractivity (Wildman–Crippen MR) is 86.1 cm³/mol. The van der Waals surface area contributed by atoms with Gasteiger partial charge in [0, 0.05) is 11.0 Å². The van der Waals surface area contributed by atoms with E-state index >= 15 is 0 Å². The summed E-state index contributed by atoms with van der Waals surface area (Å²) in [6.45, 7) is 6.72. The van der Waals surface area contributed by atoms with Crippen molar-refractivity contribution < 1.29 is 28.5 Å². The maximum atomic E-state index is 13.6. The Kier molecular flexibility index (Phi) is 2.10. The molecule has 7 aliphatic rings. The van der Waals surface area contributed by atoms with Crippen LogP contribution in [-0.4, -0.2) is 53.5 Å². The molecule has 3 aliphatic carbocycles. The minimum Gasteiger partial charge on any atom is -0.458 e. The molecule has 6 nitrogen and oxygen atoms in total. The van der Waals surface area contributed by atoms with Crippen molar-refractivity contribution >= 4 is 11.8 Å². The van der Waals surface area contributed by atoms with Crippen LogP contribution < -0.4 is 0 Å². The molecule has 0 amide bonds. The van der Waals surface area contributed by atoms with Gasteiger partial charge in [-0.05, 0) is 36.7 Å². The SMILES string of the molecule is CC(C)[C@]12O[C@H]1[C@H]1O[C@@]13[C@@]1(O[C@@H]1C[C@H]1C4=C(CC[C@]13C)C(=O)OC4)C2=O. The average Bonchev–Trinajstić information content (AvgIpc) is 3.47. The summed E-state index contributed by atoms with van der Waals surface area (Å²) in [5, 5.41) is 0. The first kappa shape index (κ1) is 14.8. The topological polar surface area (TPSA) is 81.0 Å². The third kappa shape index (κ3) is 1.10. The number of fused-ring (bicyclic) bond motifs is 4. The van der Waals surface area contributed by atoms with Crippen LogP contribution in [0, 0.1) is 17.3 Å². The number of carbonyl (C=O) groups is 2. The Morgan fingerprint density at radius 2 is 1.92 bits per heavy atom. The molecule has 0 radical (unpaired) electrons. The third-order valence-electron chi connectivity index (χ3n) is 8.82. The smallest absolute Gasteiger partial charge is 0.334 e. The number of ketones is 1. The van der Waals surface area contributed by atoms with Gasteiger partial charge in [-0.15, -0.1) is 0 Å². The van der Waals surface area contributed by atoms with Crippen LogP contribution in [0.1, 0.15) is 40.0 Å². The lowest BCUT2D eigenvalue weighted by Gasteiger charge is -2.51. The molecule has 8 atom stereocenters. The molecule has 0 aromatic heterocycles. The highest BCUT2D eigenvalue weighted by Gasteiger charge is 3.00. The van der Waals surface area contributed by atoms with Gasteiger partial charge in [0.1, 0.15) is 24.4 Å². The molecular formula is C20H22O6. The molecule has 0 bridgehead atoms. The number of cyclic esters (lactones) is 1. The summed E-state index contributed by atoms with van der Waals surface area (Å²) < 4.78 is 24.1. The van der Waals surface area contributed by atoms with Crippen molar-refractivity contribution in [3.05, 3.63) is 11.1 Å². The number of carbonyl (C=O) groups excluding carboxylic acids is 2. The Morgan fingerprint density at radius 3 is 2.69 bits per heavy atom. The number of epoxide rings is 3. The second kappa shape index (κ2) is 3.69. The summed E-state index contributed by atoms with van der Waals surface area (Å²) in [7, 11) is 0. The van der Waals surface area contributed by atoms with E-state index in [2.05, 4.69) is 6.92 Å². The summed E-state index contributed by atoms with van der Waals surface area (Å²) >= 11 is 0. The lowest BCUT2D eigenvalue weighted by atomic mass is 9.47. The van der Waals surface area contributed by atoms with E-state index in [9.17, 15) is 9.59 Å². The number of hydrogen-bond acceptors (Lipinski definition) is 6. The van der Waals surface area contributed by atoms with Crippen molar-refractivity contribution in [3.8, 4) is 0 Å². The van der Waals surface area contributed by atoms with E-state index in [-0.39, 0.29) is 47.3 Å². The van der Waals surface area contributed by atoms with Crippen molar-refractivity contribution in [2.24, 2.45) is 17.3 Å². The molecular weight excluding hydrogens is 336 g/mol. The highest BCUT2D eigenvalue weighted by Crippen LogP contribution is 2.81. The van der Waals surface area contributed by atoms with Crippen LogP contribution in [0.2, 0.25) is 0 Å². The first-order chi connectivity index (χ1) is 12.3. The van der Waals surface area contributed by atoms with Gasteiger partial charge in [0.05, 0.1) is 6.10 Å². The molecule has 4 aliphatic heterocycles.